The van der Waals surface area contributed by atoms with Gasteiger partial charge < -0.3 is 9.47 Å². The van der Waals surface area contributed by atoms with E-state index >= 15 is 0 Å². The fraction of sp³-hybridized carbons (Fsp3) is 0.909. The predicted octanol–water partition coefficient (Wildman–Crippen LogP) is 7.82. The third-order valence-electron chi connectivity index (χ3n) is 13.0. The van der Waals surface area contributed by atoms with E-state index < -0.39 is 5.79 Å². The van der Waals surface area contributed by atoms with E-state index in [2.05, 4.69) is 71.8 Å². The number of hydrogen-bond acceptors (Lipinski definition) is 3. The SMILES string of the molecule is CC[C@H](CC[C@@H](C)[C@H]1CC[C@H]2[C@@H]3[C@H]4OC(C)(C)O[C@@H]4[C@H]4Cc5[nH]ncc5C[C@]4(C)[C@H]3CC[C@]12C)C(C)C. The standard InChI is InChI=1S/C33H54N2O2/c1-9-21(19(2)3)11-10-20(4)23-12-13-24-28-25(14-15-32(23,24)7)33(8)17-22-18-34-35-27(22)16-26(33)29-30(28)37-31(5,6)36-29/h18-21,23-26,28-30H,9-17H2,1-8H3,(H,34,35)/t20-,21-,23-,24+,25+,26-,28+,29-,30-,32-,33-/m1/s1. The Morgan fingerprint density at radius 2 is 1.68 bits per heavy atom. The van der Waals surface area contributed by atoms with Crippen LogP contribution in [0.25, 0.3) is 0 Å². The summed E-state index contributed by atoms with van der Waals surface area (Å²) in [7, 11) is 0. The Kier molecular flexibility index (Phi) is 6.47. The van der Waals surface area contributed by atoms with Crippen molar-refractivity contribution in [2.45, 2.75) is 131 Å². The summed E-state index contributed by atoms with van der Waals surface area (Å²) >= 11 is 0. The van der Waals surface area contributed by atoms with E-state index in [0.29, 0.717) is 17.3 Å². The van der Waals surface area contributed by atoms with Crippen molar-refractivity contribution in [1.29, 1.82) is 0 Å². The summed E-state index contributed by atoms with van der Waals surface area (Å²) in [6.07, 6.45) is 14.5. The Labute approximate surface area is 226 Å². The van der Waals surface area contributed by atoms with Crippen LogP contribution in [0, 0.1) is 58.2 Å². The molecule has 0 bridgehead atoms. The predicted molar refractivity (Wildman–Crippen MR) is 149 cm³/mol. The lowest BCUT2D eigenvalue weighted by Crippen LogP contribution is -2.63. The van der Waals surface area contributed by atoms with Crippen LogP contribution in [0.2, 0.25) is 0 Å². The van der Waals surface area contributed by atoms with Crippen LogP contribution in [0.3, 0.4) is 0 Å². The van der Waals surface area contributed by atoms with Gasteiger partial charge in [0, 0.05) is 5.69 Å². The van der Waals surface area contributed by atoms with Gasteiger partial charge in [-0.15, -0.1) is 0 Å². The van der Waals surface area contributed by atoms with Crippen molar-refractivity contribution in [1.82, 2.24) is 10.2 Å². The van der Waals surface area contributed by atoms with Gasteiger partial charge in [0.1, 0.15) is 0 Å². The highest BCUT2D eigenvalue weighted by Crippen LogP contribution is 2.69. The monoisotopic (exact) mass is 510 g/mol. The van der Waals surface area contributed by atoms with Crippen molar-refractivity contribution in [2.24, 2.45) is 58.2 Å². The minimum absolute atomic E-state index is 0.202. The summed E-state index contributed by atoms with van der Waals surface area (Å²) in [6.45, 7) is 19.4. The molecule has 1 N–H and O–H groups in total. The van der Waals surface area contributed by atoms with E-state index in [9.17, 15) is 0 Å². The molecule has 4 nitrogen and oxygen atoms in total. The number of hydrogen-bond donors (Lipinski definition) is 1. The van der Waals surface area contributed by atoms with E-state index in [1.807, 2.05) is 0 Å². The first-order valence-electron chi connectivity index (χ1n) is 15.8. The Morgan fingerprint density at radius 1 is 0.946 bits per heavy atom. The van der Waals surface area contributed by atoms with Crippen molar-refractivity contribution >= 4 is 0 Å². The average molecular weight is 511 g/mol. The number of aromatic nitrogens is 2. The minimum Gasteiger partial charge on any atom is -0.344 e. The molecule has 0 unspecified atom stereocenters. The van der Waals surface area contributed by atoms with Gasteiger partial charge in [0.05, 0.1) is 18.4 Å². The number of fused-ring (bicyclic) bond motifs is 9. The second-order valence-corrected chi connectivity index (χ2v) is 15.4. The molecule has 3 saturated carbocycles. The zero-order valence-electron chi connectivity index (χ0n) is 25.0. The molecule has 11 atom stereocenters. The first-order valence-corrected chi connectivity index (χ1v) is 15.8. The van der Waals surface area contributed by atoms with E-state index in [4.69, 9.17) is 9.47 Å². The molecule has 1 aliphatic heterocycles. The van der Waals surface area contributed by atoms with Gasteiger partial charge in [0.15, 0.2) is 5.79 Å². The van der Waals surface area contributed by atoms with Crippen LogP contribution in [-0.4, -0.2) is 28.2 Å². The molecular formula is C33H54N2O2. The summed E-state index contributed by atoms with van der Waals surface area (Å²) in [5, 5.41) is 7.78. The van der Waals surface area contributed by atoms with Crippen molar-refractivity contribution in [2.75, 3.05) is 0 Å². The van der Waals surface area contributed by atoms with E-state index in [1.165, 1.54) is 56.2 Å². The quantitative estimate of drug-likeness (QED) is 0.424. The molecule has 4 fully saturated rings. The molecule has 0 amide bonds. The molecule has 4 aliphatic carbocycles. The second-order valence-electron chi connectivity index (χ2n) is 15.4. The van der Waals surface area contributed by atoms with Gasteiger partial charge in [0.25, 0.3) is 0 Å². The van der Waals surface area contributed by atoms with Crippen molar-refractivity contribution < 1.29 is 9.47 Å². The van der Waals surface area contributed by atoms with Gasteiger partial charge >= 0.3 is 0 Å². The summed E-state index contributed by atoms with van der Waals surface area (Å²) in [6, 6.07) is 0. The lowest BCUT2D eigenvalue weighted by molar-refractivity contribution is -0.173. The smallest absolute Gasteiger partial charge is 0.163 e. The third kappa shape index (κ3) is 4.00. The molecule has 2 heterocycles. The van der Waals surface area contributed by atoms with Crippen LogP contribution >= 0.6 is 0 Å². The zero-order chi connectivity index (χ0) is 26.3. The number of nitrogens with zero attached hydrogens (tertiary/aromatic N) is 1. The van der Waals surface area contributed by atoms with Crippen LogP contribution in [-0.2, 0) is 22.3 Å². The number of H-pyrrole nitrogens is 1. The highest BCUT2D eigenvalue weighted by molar-refractivity contribution is 5.28. The van der Waals surface area contributed by atoms with Gasteiger partial charge in [-0.3, -0.25) is 5.10 Å². The molecule has 4 heteroatoms. The zero-order valence-corrected chi connectivity index (χ0v) is 25.0. The maximum atomic E-state index is 6.91. The fourth-order valence-corrected chi connectivity index (χ4v) is 11.1. The average Bonchev–Trinajstić information content (AvgIpc) is 3.51. The molecule has 0 radical (unpaired) electrons. The highest BCUT2D eigenvalue weighted by atomic mass is 16.8. The Bertz CT molecular complexity index is 985. The lowest BCUT2D eigenvalue weighted by Gasteiger charge is -2.63. The second kappa shape index (κ2) is 9.08. The van der Waals surface area contributed by atoms with Gasteiger partial charge in [-0.1, -0.05) is 54.4 Å². The molecule has 1 saturated heterocycles. The topological polar surface area (TPSA) is 47.1 Å². The molecule has 5 aliphatic rings. The largest absolute Gasteiger partial charge is 0.344 e. The van der Waals surface area contributed by atoms with E-state index in [1.54, 1.807) is 0 Å². The molecule has 6 rings (SSSR count). The van der Waals surface area contributed by atoms with Crippen LogP contribution in [0.15, 0.2) is 6.20 Å². The van der Waals surface area contributed by atoms with Gasteiger partial charge in [-0.25, -0.2) is 0 Å². The lowest BCUT2D eigenvalue weighted by atomic mass is 9.43. The highest BCUT2D eigenvalue weighted by Gasteiger charge is 2.68. The Morgan fingerprint density at radius 3 is 2.41 bits per heavy atom. The van der Waals surface area contributed by atoms with Crippen LogP contribution < -0.4 is 0 Å². The number of nitrogens with one attached hydrogen (secondary N) is 1. The van der Waals surface area contributed by atoms with Gasteiger partial charge in [-0.05, 0) is 123 Å². The van der Waals surface area contributed by atoms with Crippen LogP contribution in [0.5, 0.6) is 0 Å². The Hall–Kier alpha value is -0.870. The minimum atomic E-state index is -0.482. The van der Waals surface area contributed by atoms with Gasteiger partial charge in [-0.2, -0.15) is 5.10 Å². The molecule has 1 aromatic heterocycles. The molecule has 0 spiro atoms. The normalized spacial score (nSPS) is 45.5. The van der Waals surface area contributed by atoms with Gasteiger partial charge in [0.2, 0.25) is 0 Å². The molecular weight excluding hydrogens is 456 g/mol. The van der Waals surface area contributed by atoms with Crippen LogP contribution in [0.1, 0.15) is 112 Å². The summed E-state index contributed by atoms with van der Waals surface area (Å²) < 4.78 is 13.7. The molecule has 1 aromatic rings. The van der Waals surface area contributed by atoms with E-state index in [-0.39, 0.29) is 17.6 Å². The van der Waals surface area contributed by atoms with E-state index in [0.717, 1.165) is 48.3 Å². The maximum absolute atomic E-state index is 6.91. The van der Waals surface area contributed by atoms with Crippen LogP contribution in [0.4, 0.5) is 0 Å². The maximum Gasteiger partial charge on any atom is 0.163 e. The van der Waals surface area contributed by atoms with Crippen molar-refractivity contribution in [3.8, 4) is 0 Å². The Balaban J connectivity index is 1.29. The number of ether oxygens (including phenoxy) is 2. The summed E-state index contributed by atoms with van der Waals surface area (Å²) in [5.74, 6) is 5.50. The molecule has 208 valence electrons. The first-order chi connectivity index (χ1) is 17.5. The molecule has 0 aromatic carbocycles. The van der Waals surface area contributed by atoms with Crippen molar-refractivity contribution in [3.05, 3.63) is 17.5 Å². The summed E-state index contributed by atoms with van der Waals surface area (Å²) in [4.78, 5) is 0. The molecule has 37 heavy (non-hydrogen) atoms. The van der Waals surface area contributed by atoms with Crippen molar-refractivity contribution in [3.63, 3.8) is 0 Å². The fourth-order valence-electron chi connectivity index (χ4n) is 11.1. The first kappa shape index (κ1) is 26.4. The summed E-state index contributed by atoms with van der Waals surface area (Å²) in [5.41, 5.74) is 3.51. The number of rotatable bonds is 6. The number of aromatic amines is 1. The third-order valence-corrected chi connectivity index (χ3v) is 13.0.